The van der Waals surface area contributed by atoms with Gasteiger partial charge in [-0.1, -0.05) is 72.8 Å². The van der Waals surface area contributed by atoms with Crippen LogP contribution in [0.4, 0.5) is 0 Å². The number of rotatable bonds is 4. The summed E-state index contributed by atoms with van der Waals surface area (Å²) in [5.41, 5.74) is 6.35. The predicted octanol–water partition coefficient (Wildman–Crippen LogP) is 6.14. The van der Waals surface area contributed by atoms with E-state index in [1.54, 1.807) is 0 Å². The van der Waals surface area contributed by atoms with E-state index < -0.39 is 0 Å². The molecule has 1 unspecified atom stereocenters. The number of H-pyrrole nitrogens is 1. The van der Waals surface area contributed by atoms with Gasteiger partial charge in [-0.15, -0.1) is 0 Å². The number of aromatic amines is 1. The summed E-state index contributed by atoms with van der Waals surface area (Å²) in [6.07, 6.45) is 1.01. The summed E-state index contributed by atoms with van der Waals surface area (Å²) in [4.78, 5) is 3.71. The molecule has 6 rings (SSSR count). The van der Waals surface area contributed by atoms with E-state index in [0.29, 0.717) is 6.61 Å². The van der Waals surface area contributed by atoms with Crippen LogP contribution in [0.5, 0.6) is 5.75 Å². The summed E-state index contributed by atoms with van der Waals surface area (Å²) in [6.45, 7) is 1.54. The standard InChI is InChI=1S/C28H24N2O/c1-2-7-19(8-3-1)18-31-21-13-14-26-25(17-21)24-15-16-29-27(28(24)30-26)23-12-6-10-20-9-4-5-11-22(20)23/h1-14,17,27,29-30H,15-16,18H2. The molecule has 0 saturated heterocycles. The van der Waals surface area contributed by atoms with Gasteiger partial charge >= 0.3 is 0 Å². The molecule has 152 valence electrons. The molecule has 1 aromatic heterocycles. The second kappa shape index (κ2) is 7.60. The highest BCUT2D eigenvalue weighted by Gasteiger charge is 2.26. The fraction of sp³-hybridized carbons (Fsp3) is 0.143. The van der Waals surface area contributed by atoms with Crippen molar-refractivity contribution in [3.8, 4) is 5.75 Å². The number of fused-ring (bicyclic) bond motifs is 4. The van der Waals surface area contributed by atoms with Gasteiger partial charge in [0.15, 0.2) is 0 Å². The first-order valence-electron chi connectivity index (χ1n) is 10.9. The first-order chi connectivity index (χ1) is 15.4. The van der Waals surface area contributed by atoms with Crippen LogP contribution in [0.3, 0.4) is 0 Å². The summed E-state index contributed by atoms with van der Waals surface area (Å²) < 4.78 is 6.10. The van der Waals surface area contributed by atoms with Gasteiger partial charge in [0.25, 0.3) is 0 Å². The summed E-state index contributed by atoms with van der Waals surface area (Å²) in [6, 6.07) is 32.1. The quantitative estimate of drug-likeness (QED) is 0.378. The van der Waals surface area contributed by atoms with Crippen molar-refractivity contribution >= 4 is 21.7 Å². The predicted molar refractivity (Wildman–Crippen MR) is 127 cm³/mol. The van der Waals surface area contributed by atoms with Crippen molar-refractivity contribution < 1.29 is 4.74 Å². The van der Waals surface area contributed by atoms with E-state index in [0.717, 1.165) is 18.7 Å². The van der Waals surface area contributed by atoms with E-state index in [2.05, 4.69) is 83.1 Å². The van der Waals surface area contributed by atoms with E-state index in [4.69, 9.17) is 4.74 Å². The van der Waals surface area contributed by atoms with Gasteiger partial charge in [-0.25, -0.2) is 0 Å². The summed E-state index contributed by atoms with van der Waals surface area (Å²) >= 11 is 0. The Morgan fingerprint density at radius 2 is 1.65 bits per heavy atom. The monoisotopic (exact) mass is 404 g/mol. The zero-order chi connectivity index (χ0) is 20.6. The normalized spacial score (nSPS) is 15.8. The third-order valence-corrected chi connectivity index (χ3v) is 6.31. The number of hydrogen-bond acceptors (Lipinski definition) is 2. The highest BCUT2D eigenvalue weighted by Crippen LogP contribution is 2.37. The van der Waals surface area contributed by atoms with Crippen molar-refractivity contribution in [1.29, 1.82) is 0 Å². The second-order valence-corrected chi connectivity index (χ2v) is 8.20. The molecule has 0 spiro atoms. The van der Waals surface area contributed by atoms with Gasteiger partial charge in [0.2, 0.25) is 0 Å². The van der Waals surface area contributed by atoms with Gasteiger partial charge in [-0.05, 0) is 52.1 Å². The van der Waals surface area contributed by atoms with Crippen molar-refractivity contribution in [2.24, 2.45) is 0 Å². The first-order valence-corrected chi connectivity index (χ1v) is 10.9. The maximum absolute atomic E-state index is 6.10. The Hall–Kier alpha value is -3.56. The zero-order valence-corrected chi connectivity index (χ0v) is 17.3. The Balaban J connectivity index is 1.38. The number of aromatic nitrogens is 1. The molecule has 0 aliphatic carbocycles. The van der Waals surface area contributed by atoms with Crippen molar-refractivity contribution in [3.63, 3.8) is 0 Å². The maximum Gasteiger partial charge on any atom is 0.120 e. The van der Waals surface area contributed by atoms with E-state index in [9.17, 15) is 0 Å². The molecule has 3 heteroatoms. The van der Waals surface area contributed by atoms with E-state index >= 15 is 0 Å². The Bertz CT molecular complexity index is 1360. The third kappa shape index (κ3) is 3.28. The Morgan fingerprint density at radius 3 is 2.58 bits per heavy atom. The van der Waals surface area contributed by atoms with Crippen LogP contribution in [-0.4, -0.2) is 11.5 Å². The lowest BCUT2D eigenvalue weighted by molar-refractivity contribution is 0.306. The lowest BCUT2D eigenvalue weighted by Gasteiger charge is -2.26. The molecule has 31 heavy (non-hydrogen) atoms. The van der Waals surface area contributed by atoms with Crippen LogP contribution in [0.15, 0.2) is 91.0 Å². The van der Waals surface area contributed by atoms with Crippen molar-refractivity contribution in [1.82, 2.24) is 10.3 Å². The molecule has 5 aromatic rings. The number of nitrogens with one attached hydrogen (secondary N) is 2. The highest BCUT2D eigenvalue weighted by molar-refractivity contribution is 5.89. The second-order valence-electron chi connectivity index (χ2n) is 8.20. The minimum absolute atomic E-state index is 0.163. The van der Waals surface area contributed by atoms with Gasteiger partial charge in [-0.2, -0.15) is 0 Å². The summed E-state index contributed by atoms with van der Waals surface area (Å²) in [5, 5.41) is 7.60. The minimum atomic E-state index is 0.163. The molecule has 0 amide bonds. The van der Waals surface area contributed by atoms with Crippen LogP contribution in [0, 0.1) is 0 Å². The molecule has 4 aromatic carbocycles. The molecule has 1 aliphatic rings. The van der Waals surface area contributed by atoms with Crippen LogP contribution >= 0.6 is 0 Å². The molecular weight excluding hydrogens is 380 g/mol. The largest absolute Gasteiger partial charge is 0.489 e. The smallest absolute Gasteiger partial charge is 0.120 e. The average Bonchev–Trinajstić information content (AvgIpc) is 3.21. The van der Waals surface area contributed by atoms with Crippen LogP contribution in [0.1, 0.15) is 28.4 Å². The average molecular weight is 405 g/mol. The lowest BCUT2D eigenvalue weighted by Crippen LogP contribution is -2.30. The Morgan fingerprint density at radius 1 is 0.806 bits per heavy atom. The highest BCUT2D eigenvalue weighted by atomic mass is 16.5. The van der Waals surface area contributed by atoms with Gasteiger partial charge in [0.1, 0.15) is 12.4 Å². The van der Waals surface area contributed by atoms with Crippen molar-refractivity contribution in [2.75, 3.05) is 6.54 Å². The van der Waals surface area contributed by atoms with Crippen molar-refractivity contribution in [3.05, 3.63) is 113 Å². The summed E-state index contributed by atoms with van der Waals surface area (Å²) in [5.74, 6) is 0.915. The fourth-order valence-corrected chi connectivity index (χ4v) is 4.81. The molecule has 0 bridgehead atoms. The van der Waals surface area contributed by atoms with E-state index in [1.807, 2.05) is 18.2 Å². The zero-order valence-electron chi connectivity index (χ0n) is 17.3. The van der Waals surface area contributed by atoms with Crippen LogP contribution in [0.2, 0.25) is 0 Å². The molecule has 3 nitrogen and oxygen atoms in total. The lowest BCUT2D eigenvalue weighted by atomic mass is 9.91. The molecule has 0 saturated carbocycles. The van der Waals surface area contributed by atoms with Crippen molar-refractivity contribution in [2.45, 2.75) is 19.1 Å². The number of ether oxygens (including phenoxy) is 1. The number of hydrogen-bond donors (Lipinski definition) is 2. The van der Waals surface area contributed by atoms with Gasteiger partial charge in [0, 0.05) is 23.1 Å². The van der Waals surface area contributed by atoms with Gasteiger partial charge in [-0.3, -0.25) is 0 Å². The van der Waals surface area contributed by atoms with Crippen LogP contribution in [-0.2, 0) is 13.0 Å². The van der Waals surface area contributed by atoms with E-state index in [-0.39, 0.29) is 6.04 Å². The van der Waals surface area contributed by atoms with Gasteiger partial charge in [0.05, 0.1) is 6.04 Å². The molecule has 0 radical (unpaired) electrons. The SMILES string of the molecule is c1ccc(COc2ccc3[nH]c4c(c3c2)CCNC4c2cccc3ccccc23)cc1. The van der Waals surface area contributed by atoms with Gasteiger partial charge < -0.3 is 15.0 Å². The fourth-order valence-electron chi connectivity index (χ4n) is 4.81. The number of benzene rings is 4. The Kier molecular flexibility index (Phi) is 4.47. The molecule has 1 atom stereocenters. The van der Waals surface area contributed by atoms with Crippen LogP contribution in [0.25, 0.3) is 21.7 Å². The minimum Gasteiger partial charge on any atom is -0.489 e. The van der Waals surface area contributed by atoms with E-state index in [1.165, 1.54) is 44.1 Å². The van der Waals surface area contributed by atoms with Crippen LogP contribution < -0.4 is 10.1 Å². The molecular formula is C28H24N2O. The topological polar surface area (TPSA) is 37.0 Å². The summed E-state index contributed by atoms with van der Waals surface area (Å²) in [7, 11) is 0. The molecule has 1 aliphatic heterocycles. The molecule has 2 heterocycles. The first kappa shape index (κ1) is 18.2. The molecule has 2 N–H and O–H groups in total. The molecule has 0 fully saturated rings. The Labute approximate surface area is 181 Å². The maximum atomic E-state index is 6.10. The third-order valence-electron chi connectivity index (χ3n) is 6.31.